The normalized spacial score (nSPS) is 11.5. The highest BCUT2D eigenvalue weighted by Gasteiger charge is 2.07. The lowest BCUT2D eigenvalue weighted by atomic mass is 10.2. The van der Waals surface area contributed by atoms with Crippen molar-refractivity contribution in [2.75, 3.05) is 0 Å². The van der Waals surface area contributed by atoms with E-state index in [1.807, 2.05) is 36.4 Å². The number of hydrogen-bond acceptors (Lipinski definition) is 4. The fourth-order valence-corrected chi connectivity index (χ4v) is 5.52. The molecule has 3 aromatic carbocycles. The number of halogens is 2. The molecule has 0 saturated heterocycles. The zero-order valence-corrected chi connectivity index (χ0v) is 19.4. The van der Waals surface area contributed by atoms with Crippen molar-refractivity contribution in [1.82, 2.24) is 4.98 Å². The zero-order chi connectivity index (χ0) is 19.0. The molecule has 0 saturated carbocycles. The molecule has 0 atom stereocenters. The van der Waals surface area contributed by atoms with E-state index in [1.54, 1.807) is 17.6 Å². The van der Waals surface area contributed by atoms with Crippen LogP contribution < -0.4 is 0 Å². The molecular formula is C21H14I2N2OS. The Bertz CT molecular complexity index is 1170. The van der Waals surface area contributed by atoms with Gasteiger partial charge in [0.25, 0.3) is 0 Å². The van der Waals surface area contributed by atoms with Crippen LogP contribution >= 0.6 is 56.5 Å². The topological polar surface area (TPSA) is 45.5 Å². The molecule has 4 rings (SSSR count). The summed E-state index contributed by atoms with van der Waals surface area (Å²) in [4.78, 5) is 9.24. The largest absolute Gasteiger partial charge is 0.506 e. The zero-order valence-electron chi connectivity index (χ0n) is 14.3. The lowest BCUT2D eigenvalue weighted by molar-refractivity contribution is 0.470. The molecule has 1 N–H and O–H groups in total. The Balaban J connectivity index is 1.60. The van der Waals surface area contributed by atoms with Gasteiger partial charge in [0.05, 0.1) is 19.5 Å². The number of rotatable bonds is 3. The maximum Gasteiger partial charge on any atom is 0.137 e. The van der Waals surface area contributed by atoms with Crippen LogP contribution in [0.2, 0.25) is 0 Å². The van der Waals surface area contributed by atoms with Crippen molar-refractivity contribution < 1.29 is 5.11 Å². The first kappa shape index (κ1) is 18.8. The molecule has 0 aliphatic carbocycles. The Morgan fingerprint density at radius 2 is 1.81 bits per heavy atom. The van der Waals surface area contributed by atoms with Crippen LogP contribution in [0.15, 0.2) is 59.6 Å². The average Bonchev–Trinajstić information content (AvgIpc) is 3.07. The number of aromatic nitrogens is 1. The van der Waals surface area contributed by atoms with Gasteiger partial charge in [-0.25, -0.2) is 4.98 Å². The lowest BCUT2D eigenvalue weighted by Gasteiger charge is -2.03. The van der Waals surface area contributed by atoms with E-state index in [4.69, 9.17) is 4.98 Å². The van der Waals surface area contributed by atoms with Crippen LogP contribution in [0.4, 0.5) is 5.69 Å². The molecule has 0 amide bonds. The first-order valence-corrected chi connectivity index (χ1v) is 11.2. The van der Waals surface area contributed by atoms with Gasteiger partial charge in [-0.2, -0.15) is 0 Å². The van der Waals surface area contributed by atoms with Crippen molar-refractivity contribution in [1.29, 1.82) is 0 Å². The summed E-state index contributed by atoms with van der Waals surface area (Å²) in [5.74, 6) is 0.265. The first-order valence-electron chi connectivity index (χ1n) is 8.19. The summed E-state index contributed by atoms with van der Waals surface area (Å²) in [5, 5.41) is 11.2. The van der Waals surface area contributed by atoms with E-state index in [0.717, 1.165) is 34.5 Å². The minimum absolute atomic E-state index is 0.265. The monoisotopic (exact) mass is 596 g/mol. The number of benzene rings is 3. The Hall–Kier alpha value is -1.52. The van der Waals surface area contributed by atoms with Crippen LogP contribution in [-0.2, 0) is 0 Å². The van der Waals surface area contributed by atoms with Crippen molar-refractivity contribution in [3.63, 3.8) is 0 Å². The van der Waals surface area contributed by atoms with Crippen LogP contribution in [0.5, 0.6) is 5.75 Å². The Morgan fingerprint density at radius 1 is 1.04 bits per heavy atom. The van der Waals surface area contributed by atoms with Crippen LogP contribution in [0.3, 0.4) is 0 Å². The average molecular weight is 596 g/mol. The van der Waals surface area contributed by atoms with Crippen LogP contribution in [-0.4, -0.2) is 16.3 Å². The number of phenols is 1. The predicted molar refractivity (Wildman–Crippen MR) is 131 cm³/mol. The highest BCUT2D eigenvalue weighted by atomic mass is 127. The molecule has 6 heteroatoms. The summed E-state index contributed by atoms with van der Waals surface area (Å²) in [6.45, 7) is 2.08. The molecule has 1 heterocycles. The first-order chi connectivity index (χ1) is 13.0. The molecule has 27 heavy (non-hydrogen) atoms. The van der Waals surface area contributed by atoms with Gasteiger partial charge < -0.3 is 5.11 Å². The minimum atomic E-state index is 0.265. The maximum absolute atomic E-state index is 10.2. The summed E-state index contributed by atoms with van der Waals surface area (Å²) >= 11 is 6.06. The highest BCUT2D eigenvalue weighted by molar-refractivity contribution is 14.1. The van der Waals surface area contributed by atoms with Gasteiger partial charge in [-0.1, -0.05) is 6.07 Å². The van der Waals surface area contributed by atoms with Gasteiger partial charge in [-0.3, -0.25) is 4.99 Å². The molecule has 0 unspecified atom stereocenters. The smallest absolute Gasteiger partial charge is 0.137 e. The molecule has 0 aliphatic heterocycles. The second-order valence-electron chi connectivity index (χ2n) is 6.12. The quantitative estimate of drug-likeness (QED) is 0.206. The summed E-state index contributed by atoms with van der Waals surface area (Å²) < 4.78 is 3.08. The fourth-order valence-electron chi connectivity index (χ4n) is 2.68. The van der Waals surface area contributed by atoms with E-state index in [-0.39, 0.29) is 5.75 Å². The molecule has 3 nitrogen and oxygen atoms in total. The molecule has 4 aromatic rings. The van der Waals surface area contributed by atoms with Crippen molar-refractivity contribution in [2.24, 2.45) is 4.99 Å². The molecule has 0 fully saturated rings. The van der Waals surface area contributed by atoms with Gasteiger partial charge in [0, 0.05) is 20.9 Å². The Morgan fingerprint density at radius 3 is 2.59 bits per heavy atom. The lowest BCUT2D eigenvalue weighted by Crippen LogP contribution is -1.87. The van der Waals surface area contributed by atoms with Gasteiger partial charge in [-0.05, 0) is 106 Å². The Kier molecular flexibility index (Phi) is 5.47. The summed E-state index contributed by atoms with van der Waals surface area (Å²) in [5.41, 5.74) is 4.90. The van der Waals surface area contributed by atoms with E-state index >= 15 is 0 Å². The van der Waals surface area contributed by atoms with Crippen molar-refractivity contribution in [3.05, 3.63) is 72.9 Å². The van der Waals surface area contributed by atoms with Gasteiger partial charge in [0.1, 0.15) is 10.8 Å². The second kappa shape index (κ2) is 7.84. The third-order valence-electron chi connectivity index (χ3n) is 4.07. The highest BCUT2D eigenvalue weighted by Crippen LogP contribution is 2.32. The number of thiazole rings is 1. The third-order valence-corrected chi connectivity index (χ3v) is 6.60. The minimum Gasteiger partial charge on any atom is -0.506 e. The summed E-state index contributed by atoms with van der Waals surface area (Å²) in [6.07, 6.45) is 1.70. The number of fused-ring (bicyclic) bond motifs is 1. The molecule has 134 valence electrons. The van der Waals surface area contributed by atoms with Crippen LogP contribution in [0.25, 0.3) is 20.8 Å². The number of phenolic OH excluding ortho intramolecular Hbond substituents is 1. The van der Waals surface area contributed by atoms with Gasteiger partial charge >= 0.3 is 0 Å². The van der Waals surface area contributed by atoms with E-state index in [9.17, 15) is 5.11 Å². The van der Waals surface area contributed by atoms with Crippen molar-refractivity contribution in [3.8, 4) is 16.3 Å². The van der Waals surface area contributed by atoms with E-state index < -0.39 is 0 Å². The summed E-state index contributed by atoms with van der Waals surface area (Å²) in [6, 6.07) is 18.2. The standard InChI is InChI=1S/C21H14I2N2OS/c1-12-2-7-19-18(8-12)25-21(27-19)13-3-5-16(6-4-13)24-11-14-9-15(22)10-17(23)20(14)26/h2-11,26H,1H3. The molecule has 0 aliphatic rings. The molecule has 0 spiro atoms. The van der Waals surface area contributed by atoms with Gasteiger partial charge in [0.15, 0.2) is 0 Å². The Labute approximate surface area is 188 Å². The van der Waals surface area contributed by atoms with E-state index in [1.165, 1.54) is 10.3 Å². The molecule has 0 bridgehead atoms. The van der Waals surface area contributed by atoms with Gasteiger partial charge in [0.2, 0.25) is 0 Å². The number of aromatic hydroxyl groups is 1. The molecular weight excluding hydrogens is 582 g/mol. The second-order valence-corrected chi connectivity index (χ2v) is 9.56. The van der Waals surface area contributed by atoms with Crippen LogP contribution in [0, 0.1) is 14.1 Å². The number of nitrogens with zero attached hydrogens (tertiary/aromatic N) is 2. The SMILES string of the molecule is Cc1ccc2sc(-c3ccc(N=Cc4cc(I)cc(I)c4O)cc3)nc2c1. The number of aryl methyl sites for hydroxylation is 1. The fraction of sp³-hybridized carbons (Fsp3) is 0.0476. The molecule has 1 aromatic heterocycles. The number of aliphatic imine (C=N–C) groups is 1. The number of hydrogen-bond donors (Lipinski definition) is 1. The maximum atomic E-state index is 10.2. The van der Waals surface area contributed by atoms with Crippen molar-refractivity contribution >= 4 is 78.6 Å². The molecule has 0 radical (unpaired) electrons. The third kappa shape index (κ3) is 4.17. The van der Waals surface area contributed by atoms with E-state index in [2.05, 4.69) is 75.3 Å². The van der Waals surface area contributed by atoms with Crippen LogP contribution in [0.1, 0.15) is 11.1 Å². The van der Waals surface area contributed by atoms with E-state index in [0.29, 0.717) is 0 Å². The van der Waals surface area contributed by atoms with Crippen molar-refractivity contribution in [2.45, 2.75) is 6.92 Å². The predicted octanol–water partition coefficient (Wildman–Crippen LogP) is 6.94. The summed E-state index contributed by atoms with van der Waals surface area (Å²) in [7, 11) is 0. The van der Waals surface area contributed by atoms with Gasteiger partial charge in [-0.15, -0.1) is 11.3 Å².